The molecule has 0 aromatic carbocycles. The highest BCUT2D eigenvalue weighted by molar-refractivity contribution is 4.86. The number of hydrogen-bond acceptors (Lipinski definition) is 3. The Morgan fingerprint density at radius 3 is 2.57 bits per heavy atom. The Morgan fingerprint density at radius 2 is 2.05 bits per heavy atom. The summed E-state index contributed by atoms with van der Waals surface area (Å²) in [5.74, 6) is 0. The van der Waals surface area contributed by atoms with Crippen molar-refractivity contribution in [2.75, 3.05) is 19.8 Å². The molecule has 0 bridgehead atoms. The molecule has 1 aliphatic rings. The Hall–Kier alpha value is -0.120. The third kappa shape index (κ3) is 7.12. The molecule has 21 heavy (non-hydrogen) atoms. The van der Waals surface area contributed by atoms with Crippen LogP contribution >= 0.6 is 0 Å². The molecule has 0 amide bonds. The number of hydrogen-bond donors (Lipinski definition) is 1. The second-order valence-corrected chi connectivity index (χ2v) is 7.37. The minimum absolute atomic E-state index is 0.172. The van der Waals surface area contributed by atoms with Crippen molar-refractivity contribution in [3.63, 3.8) is 0 Å². The van der Waals surface area contributed by atoms with E-state index >= 15 is 0 Å². The predicted molar refractivity (Wildman–Crippen MR) is 89.8 cm³/mol. The van der Waals surface area contributed by atoms with E-state index < -0.39 is 0 Å². The van der Waals surface area contributed by atoms with E-state index in [2.05, 4.69) is 39.9 Å². The summed E-state index contributed by atoms with van der Waals surface area (Å²) in [6.45, 7) is 14.0. The van der Waals surface area contributed by atoms with Crippen LogP contribution in [0.1, 0.15) is 73.1 Å². The van der Waals surface area contributed by atoms with E-state index in [0.29, 0.717) is 12.1 Å². The SMILES string of the molecule is CCCNC(CCCC1CCCO1)C(OCC)C(C)(C)C. The summed E-state index contributed by atoms with van der Waals surface area (Å²) in [4.78, 5) is 0. The first-order chi connectivity index (χ1) is 9.99. The van der Waals surface area contributed by atoms with Gasteiger partial charge in [-0.2, -0.15) is 0 Å². The van der Waals surface area contributed by atoms with Crippen molar-refractivity contribution < 1.29 is 9.47 Å². The molecule has 0 saturated carbocycles. The zero-order valence-corrected chi connectivity index (χ0v) is 14.9. The normalized spacial score (nSPS) is 22.4. The maximum absolute atomic E-state index is 6.09. The van der Waals surface area contributed by atoms with Crippen molar-refractivity contribution in [3.05, 3.63) is 0 Å². The molecule has 1 saturated heterocycles. The van der Waals surface area contributed by atoms with Gasteiger partial charge in [0.15, 0.2) is 0 Å². The quantitative estimate of drug-likeness (QED) is 0.657. The van der Waals surface area contributed by atoms with Gasteiger partial charge in [-0.15, -0.1) is 0 Å². The maximum atomic E-state index is 6.09. The number of nitrogens with one attached hydrogen (secondary N) is 1. The highest BCUT2D eigenvalue weighted by Gasteiger charge is 2.32. The van der Waals surface area contributed by atoms with E-state index in [1.165, 1.54) is 38.5 Å². The Balaban J connectivity index is 2.50. The minimum atomic E-state index is 0.172. The van der Waals surface area contributed by atoms with Gasteiger partial charge in [-0.1, -0.05) is 27.7 Å². The Kier molecular flexibility index (Phi) is 8.84. The van der Waals surface area contributed by atoms with Crippen LogP contribution in [0.5, 0.6) is 0 Å². The largest absolute Gasteiger partial charge is 0.378 e. The van der Waals surface area contributed by atoms with Gasteiger partial charge in [0.25, 0.3) is 0 Å². The molecule has 3 unspecified atom stereocenters. The van der Waals surface area contributed by atoms with E-state index in [0.717, 1.165) is 19.8 Å². The average molecular weight is 299 g/mol. The summed E-state index contributed by atoms with van der Waals surface area (Å²) >= 11 is 0. The summed E-state index contributed by atoms with van der Waals surface area (Å²) < 4.78 is 11.8. The number of ether oxygens (including phenoxy) is 2. The highest BCUT2D eigenvalue weighted by Crippen LogP contribution is 2.28. The molecule has 3 heteroatoms. The molecule has 0 radical (unpaired) electrons. The van der Waals surface area contributed by atoms with Crippen LogP contribution in [0.4, 0.5) is 0 Å². The topological polar surface area (TPSA) is 30.5 Å². The van der Waals surface area contributed by atoms with Gasteiger partial charge >= 0.3 is 0 Å². The Morgan fingerprint density at radius 1 is 1.29 bits per heavy atom. The van der Waals surface area contributed by atoms with Crippen LogP contribution in [0.2, 0.25) is 0 Å². The molecule has 0 spiro atoms. The zero-order chi connectivity index (χ0) is 15.7. The summed E-state index contributed by atoms with van der Waals surface area (Å²) in [6.07, 6.45) is 8.06. The van der Waals surface area contributed by atoms with E-state index in [4.69, 9.17) is 9.47 Å². The van der Waals surface area contributed by atoms with Crippen LogP contribution < -0.4 is 5.32 Å². The summed E-state index contributed by atoms with van der Waals surface area (Å²) in [5.41, 5.74) is 0.172. The van der Waals surface area contributed by atoms with Crippen LogP contribution in [0, 0.1) is 5.41 Å². The number of rotatable bonds is 10. The van der Waals surface area contributed by atoms with Crippen LogP contribution in [-0.4, -0.2) is 38.0 Å². The minimum Gasteiger partial charge on any atom is -0.378 e. The van der Waals surface area contributed by atoms with Gasteiger partial charge in [-0.05, 0) is 57.4 Å². The third-order valence-corrected chi connectivity index (χ3v) is 4.29. The monoisotopic (exact) mass is 299 g/mol. The van der Waals surface area contributed by atoms with Gasteiger partial charge in [-0.25, -0.2) is 0 Å². The summed E-state index contributed by atoms with van der Waals surface area (Å²) in [5, 5.41) is 3.72. The van der Waals surface area contributed by atoms with Gasteiger partial charge in [0.05, 0.1) is 12.2 Å². The average Bonchev–Trinajstić information content (AvgIpc) is 2.92. The summed E-state index contributed by atoms with van der Waals surface area (Å²) in [6, 6.07) is 0.450. The van der Waals surface area contributed by atoms with E-state index in [1.54, 1.807) is 0 Å². The molecule has 126 valence electrons. The van der Waals surface area contributed by atoms with Gasteiger partial charge in [0.1, 0.15) is 0 Å². The van der Waals surface area contributed by atoms with Gasteiger partial charge in [0, 0.05) is 19.3 Å². The molecule has 1 N–H and O–H groups in total. The fourth-order valence-corrected chi connectivity index (χ4v) is 3.28. The molecule has 0 aromatic heterocycles. The van der Waals surface area contributed by atoms with Crippen LogP contribution in [-0.2, 0) is 9.47 Å². The first kappa shape index (κ1) is 18.9. The molecule has 1 rings (SSSR count). The predicted octanol–water partition coefficient (Wildman–Crippen LogP) is 4.16. The van der Waals surface area contributed by atoms with Gasteiger partial charge in [-0.3, -0.25) is 0 Å². The van der Waals surface area contributed by atoms with E-state index in [1.807, 2.05) is 0 Å². The lowest BCUT2D eigenvalue weighted by Crippen LogP contribution is -2.48. The van der Waals surface area contributed by atoms with Crippen molar-refractivity contribution in [1.29, 1.82) is 0 Å². The molecule has 0 aromatic rings. The standard InChI is InChI=1S/C18H37NO2/c1-6-13-19-16(17(20-7-2)18(3,4)5)12-8-10-15-11-9-14-21-15/h15-17,19H,6-14H2,1-5H3. The van der Waals surface area contributed by atoms with Crippen molar-refractivity contribution in [1.82, 2.24) is 5.32 Å². The molecule has 1 heterocycles. The molecule has 0 aliphatic carbocycles. The van der Waals surface area contributed by atoms with Crippen LogP contribution in [0.25, 0.3) is 0 Å². The Bertz CT molecular complexity index is 256. The highest BCUT2D eigenvalue weighted by atomic mass is 16.5. The van der Waals surface area contributed by atoms with Crippen molar-refractivity contribution in [2.45, 2.75) is 91.4 Å². The second kappa shape index (κ2) is 9.81. The van der Waals surface area contributed by atoms with E-state index in [9.17, 15) is 0 Å². The third-order valence-electron chi connectivity index (χ3n) is 4.29. The molecule has 1 fully saturated rings. The smallest absolute Gasteiger partial charge is 0.0775 e. The molecule has 3 atom stereocenters. The van der Waals surface area contributed by atoms with Gasteiger partial charge < -0.3 is 14.8 Å². The lowest BCUT2D eigenvalue weighted by molar-refractivity contribution is -0.0383. The Labute approximate surface area is 132 Å². The second-order valence-electron chi connectivity index (χ2n) is 7.37. The lowest BCUT2D eigenvalue weighted by atomic mass is 9.82. The molecular weight excluding hydrogens is 262 g/mol. The fraction of sp³-hybridized carbons (Fsp3) is 1.00. The molecular formula is C18H37NO2. The first-order valence-corrected chi connectivity index (χ1v) is 8.95. The lowest BCUT2D eigenvalue weighted by Gasteiger charge is -2.37. The first-order valence-electron chi connectivity index (χ1n) is 8.95. The maximum Gasteiger partial charge on any atom is 0.0775 e. The van der Waals surface area contributed by atoms with Crippen molar-refractivity contribution in [2.24, 2.45) is 5.41 Å². The van der Waals surface area contributed by atoms with E-state index in [-0.39, 0.29) is 11.5 Å². The summed E-state index contributed by atoms with van der Waals surface area (Å²) in [7, 11) is 0. The van der Waals surface area contributed by atoms with Crippen molar-refractivity contribution in [3.8, 4) is 0 Å². The molecule has 3 nitrogen and oxygen atoms in total. The van der Waals surface area contributed by atoms with Crippen LogP contribution in [0.3, 0.4) is 0 Å². The van der Waals surface area contributed by atoms with Gasteiger partial charge in [0.2, 0.25) is 0 Å². The fourth-order valence-electron chi connectivity index (χ4n) is 3.28. The zero-order valence-electron chi connectivity index (χ0n) is 14.9. The van der Waals surface area contributed by atoms with Crippen molar-refractivity contribution >= 4 is 0 Å². The van der Waals surface area contributed by atoms with Crippen LogP contribution in [0.15, 0.2) is 0 Å². The molecule has 1 aliphatic heterocycles.